The summed E-state index contributed by atoms with van der Waals surface area (Å²) >= 11 is 3.32. The Bertz CT molecular complexity index is 350. The minimum Gasteiger partial charge on any atom is -0.480 e. The lowest BCUT2D eigenvalue weighted by Crippen LogP contribution is -2.46. The highest BCUT2D eigenvalue weighted by Crippen LogP contribution is 2.16. The monoisotopic (exact) mass is 257 g/mol. The first-order chi connectivity index (χ1) is 6.42. The molecule has 14 heavy (non-hydrogen) atoms. The molecular formula is C10H12BrNO2. The molecule has 0 aliphatic rings. The van der Waals surface area contributed by atoms with Crippen LogP contribution in [0.5, 0.6) is 0 Å². The SMILES string of the molecule is C[C@](N)(Cc1cccc(Br)c1)C(=O)O. The zero-order valence-electron chi connectivity index (χ0n) is 7.83. The van der Waals surface area contributed by atoms with Crippen LogP contribution >= 0.6 is 15.9 Å². The maximum absolute atomic E-state index is 10.8. The number of halogens is 1. The summed E-state index contributed by atoms with van der Waals surface area (Å²) in [6.45, 7) is 1.51. The molecule has 0 bridgehead atoms. The average Bonchev–Trinajstić information content (AvgIpc) is 2.02. The van der Waals surface area contributed by atoms with Crippen LogP contribution in [0.15, 0.2) is 28.7 Å². The lowest BCUT2D eigenvalue weighted by molar-refractivity contribution is -0.142. The normalized spacial score (nSPS) is 14.8. The van der Waals surface area contributed by atoms with Crippen LogP contribution in [-0.2, 0) is 11.2 Å². The summed E-state index contributed by atoms with van der Waals surface area (Å²) in [5, 5.41) is 8.84. The largest absolute Gasteiger partial charge is 0.480 e. The van der Waals surface area contributed by atoms with E-state index in [0.717, 1.165) is 10.0 Å². The lowest BCUT2D eigenvalue weighted by Gasteiger charge is -2.18. The van der Waals surface area contributed by atoms with Gasteiger partial charge in [-0.25, -0.2) is 0 Å². The molecule has 0 saturated carbocycles. The van der Waals surface area contributed by atoms with Gasteiger partial charge in [0.25, 0.3) is 0 Å². The van der Waals surface area contributed by atoms with Crippen LogP contribution in [0.25, 0.3) is 0 Å². The number of carbonyl (C=O) groups is 1. The van der Waals surface area contributed by atoms with E-state index >= 15 is 0 Å². The van der Waals surface area contributed by atoms with E-state index in [1.165, 1.54) is 6.92 Å². The molecule has 3 nitrogen and oxygen atoms in total. The van der Waals surface area contributed by atoms with E-state index < -0.39 is 11.5 Å². The van der Waals surface area contributed by atoms with Crippen molar-refractivity contribution in [3.63, 3.8) is 0 Å². The number of hydrogen-bond donors (Lipinski definition) is 2. The molecule has 0 aliphatic heterocycles. The smallest absolute Gasteiger partial charge is 0.323 e. The van der Waals surface area contributed by atoms with Gasteiger partial charge in [-0.05, 0) is 24.6 Å². The van der Waals surface area contributed by atoms with Crippen LogP contribution in [0.1, 0.15) is 12.5 Å². The van der Waals surface area contributed by atoms with Crippen LogP contribution in [0, 0.1) is 0 Å². The summed E-state index contributed by atoms with van der Waals surface area (Å²) in [7, 11) is 0. The Kier molecular flexibility index (Phi) is 3.29. The number of carboxylic acids is 1. The van der Waals surface area contributed by atoms with Crippen molar-refractivity contribution in [2.75, 3.05) is 0 Å². The van der Waals surface area contributed by atoms with E-state index in [0.29, 0.717) is 6.42 Å². The van der Waals surface area contributed by atoms with Crippen molar-refractivity contribution in [2.24, 2.45) is 5.73 Å². The second-order valence-corrected chi connectivity index (χ2v) is 4.44. The predicted octanol–water partition coefficient (Wildman–Crippen LogP) is 1.79. The van der Waals surface area contributed by atoms with Crippen molar-refractivity contribution in [1.29, 1.82) is 0 Å². The topological polar surface area (TPSA) is 63.3 Å². The van der Waals surface area contributed by atoms with Gasteiger partial charge in [0, 0.05) is 10.9 Å². The van der Waals surface area contributed by atoms with Crippen molar-refractivity contribution in [1.82, 2.24) is 0 Å². The van der Waals surface area contributed by atoms with E-state index in [4.69, 9.17) is 10.8 Å². The summed E-state index contributed by atoms with van der Waals surface area (Å²) in [5.41, 5.74) is 5.33. The quantitative estimate of drug-likeness (QED) is 0.868. The predicted molar refractivity (Wildman–Crippen MR) is 58.1 cm³/mol. The average molecular weight is 258 g/mol. The summed E-state index contributed by atoms with van der Waals surface area (Å²) < 4.78 is 0.927. The van der Waals surface area contributed by atoms with E-state index in [1.807, 2.05) is 24.3 Å². The van der Waals surface area contributed by atoms with E-state index in [9.17, 15) is 4.79 Å². The number of nitrogens with two attached hydrogens (primary N) is 1. The number of rotatable bonds is 3. The number of aliphatic carboxylic acids is 1. The lowest BCUT2D eigenvalue weighted by atomic mass is 9.94. The van der Waals surface area contributed by atoms with Gasteiger partial charge in [0.15, 0.2) is 0 Å². The van der Waals surface area contributed by atoms with Gasteiger partial charge in [0.1, 0.15) is 5.54 Å². The third kappa shape index (κ3) is 2.82. The maximum Gasteiger partial charge on any atom is 0.323 e. The van der Waals surface area contributed by atoms with Gasteiger partial charge in [-0.2, -0.15) is 0 Å². The van der Waals surface area contributed by atoms with Gasteiger partial charge in [-0.15, -0.1) is 0 Å². The first kappa shape index (κ1) is 11.2. The van der Waals surface area contributed by atoms with Crippen LogP contribution in [0.4, 0.5) is 0 Å². The zero-order valence-corrected chi connectivity index (χ0v) is 9.41. The number of hydrogen-bond acceptors (Lipinski definition) is 2. The molecule has 1 aromatic carbocycles. The van der Waals surface area contributed by atoms with Crippen molar-refractivity contribution in [2.45, 2.75) is 18.9 Å². The first-order valence-electron chi connectivity index (χ1n) is 4.18. The molecule has 1 aromatic rings. The second-order valence-electron chi connectivity index (χ2n) is 3.53. The summed E-state index contributed by atoms with van der Waals surface area (Å²) in [5.74, 6) is -0.988. The first-order valence-corrected chi connectivity index (χ1v) is 4.98. The Labute approximate surface area is 91.1 Å². The highest BCUT2D eigenvalue weighted by atomic mass is 79.9. The zero-order chi connectivity index (χ0) is 10.8. The molecule has 0 unspecified atom stereocenters. The molecule has 0 fully saturated rings. The number of carboxylic acid groups (broad SMARTS) is 1. The van der Waals surface area contributed by atoms with Crippen LogP contribution in [-0.4, -0.2) is 16.6 Å². The summed E-state index contributed by atoms with van der Waals surface area (Å²) in [4.78, 5) is 10.8. The molecular weight excluding hydrogens is 246 g/mol. The molecule has 1 atom stereocenters. The fourth-order valence-electron chi connectivity index (χ4n) is 1.15. The minimum atomic E-state index is -1.21. The Morgan fingerprint density at radius 3 is 2.79 bits per heavy atom. The molecule has 0 heterocycles. The van der Waals surface area contributed by atoms with E-state index in [1.54, 1.807) is 0 Å². The van der Waals surface area contributed by atoms with Gasteiger partial charge in [0.2, 0.25) is 0 Å². The third-order valence-electron chi connectivity index (χ3n) is 1.95. The van der Waals surface area contributed by atoms with Crippen molar-refractivity contribution in [3.05, 3.63) is 34.3 Å². The van der Waals surface area contributed by atoms with Gasteiger partial charge in [0.05, 0.1) is 0 Å². The minimum absolute atomic E-state index is 0.321. The second kappa shape index (κ2) is 4.11. The van der Waals surface area contributed by atoms with Crippen molar-refractivity contribution in [3.8, 4) is 0 Å². The third-order valence-corrected chi connectivity index (χ3v) is 2.44. The highest BCUT2D eigenvalue weighted by Gasteiger charge is 2.27. The molecule has 0 aliphatic carbocycles. The molecule has 4 heteroatoms. The number of benzene rings is 1. The van der Waals surface area contributed by atoms with Crippen LogP contribution < -0.4 is 5.73 Å². The molecule has 0 amide bonds. The Hall–Kier alpha value is -0.870. The van der Waals surface area contributed by atoms with Gasteiger partial charge in [-0.1, -0.05) is 28.1 Å². The molecule has 76 valence electrons. The van der Waals surface area contributed by atoms with E-state index in [-0.39, 0.29) is 0 Å². The molecule has 1 rings (SSSR count). The van der Waals surface area contributed by atoms with E-state index in [2.05, 4.69) is 15.9 Å². The highest BCUT2D eigenvalue weighted by molar-refractivity contribution is 9.10. The molecule has 0 spiro atoms. The molecule has 0 radical (unpaired) electrons. The molecule has 3 N–H and O–H groups in total. The van der Waals surface area contributed by atoms with Crippen LogP contribution in [0.3, 0.4) is 0 Å². The summed E-state index contributed by atoms with van der Waals surface area (Å²) in [6.07, 6.45) is 0.321. The van der Waals surface area contributed by atoms with Gasteiger partial charge in [-0.3, -0.25) is 4.79 Å². The van der Waals surface area contributed by atoms with Gasteiger partial charge >= 0.3 is 5.97 Å². The van der Waals surface area contributed by atoms with Crippen molar-refractivity contribution >= 4 is 21.9 Å². The summed E-state index contributed by atoms with van der Waals surface area (Å²) in [6, 6.07) is 7.47. The fraction of sp³-hybridized carbons (Fsp3) is 0.300. The van der Waals surface area contributed by atoms with Crippen LogP contribution in [0.2, 0.25) is 0 Å². The Morgan fingerprint density at radius 1 is 1.64 bits per heavy atom. The Balaban J connectivity index is 2.83. The molecule has 0 saturated heterocycles. The maximum atomic E-state index is 10.8. The molecule has 0 aromatic heterocycles. The van der Waals surface area contributed by atoms with Gasteiger partial charge < -0.3 is 10.8 Å². The Morgan fingerprint density at radius 2 is 2.29 bits per heavy atom. The fourth-order valence-corrected chi connectivity index (χ4v) is 1.59. The standard InChI is InChI=1S/C10H12BrNO2/c1-10(12,9(13)14)6-7-3-2-4-8(11)5-7/h2-5H,6,12H2,1H3,(H,13,14)/t10-/m0/s1. The van der Waals surface area contributed by atoms with Crippen molar-refractivity contribution < 1.29 is 9.90 Å².